The molecule has 3 heterocycles. The summed E-state index contributed by atoms with van der Waals surface area (Å²) in [5, 5.41) is 13.7. The van der Waals surface area contributed by atoms with Crippen molar-refractivity contribution in [2.45, 2.75) is 39.3 Å². The second-order valence-corrected chi connectivity index (χ2v) is 11.8. The maximum Gasteiger partial charge on any atom is 0.341 e. The Hall–Kier alpha value is -3.88. The Morgan fingerprint density at radius 3 is 2.51 bits per heavy atom. The fourth-order valence-electron chi connectivity index (χ4n) is 4.56. The van der Waals surface area contributed by atoms with Gasteiger partial charge in [-0.25, -0.2) is 14.2 Å². The summed E-state index contributed by atoms with van der Waals surface area (Å²) in [6.07, 6.45) is 3.73. The van der Waals surface area contributed by atoms with Gasteiger partial charge in [-0.1, -0.05) is 23.4 Å². The summed E-state index contributed by atoms with van der Waals surface area (Å²) in [6.45, 7) is 5.40. The van der Waals surface area contributed by atoms with E-state index in [1.165, 1.54) is 17.3 Å². The molecule has 41 heavy (non-hydrogen) atoms. The minimum absolute atomic E-state index is 0.0387. The van der Waals surface area contributed by atoms with Crippen LogP contribution in [0.2, 0.25) is 0 Å². The normalized spacial score (nSPS) is 18.0. The van der Waals surface area contributed by atoms with Crippen molar-refractivity contribution in [3.05, 3.63) is 68.8 Å². The number of nitrogens with two attached hydrogens (primary N) is 1. The highest BCUT2D eigenvalue weighted by Gasteiger charge is 2.33. The van der Waals surface area contributed by atoms with E-state index in [9.17, 15) is 23.1 Å². The van der Waals surface area contributed by atoms with E-state index in [1.807, 2.05) is 26.0 Å². The van der Waals surface area contributed by atoms with Crippen LogP contribution in [0.4, 0.5) is 10.2 Å². The van der Waals surface area contributed by atoms with Crippen molar-refractivity contribution in [2.24, 2.45) is 16.8 Å². The van der Waals surface area contributed by atoms with E-state index in [-0.39, 0.29) is 40.9 Å². The molecule has 1 saturated heterocycles. The number of pyridine rings is 2. The minimum atomic E-state index is -3.67. The molecule has 2 fully saturated rings. The van der Waals surface area contributed by atoms with Crippen LogP contribution in [0.25, 0.3) is 11.0 Å². The Balaban J connectivity index is 0.000000714. The highest BCUT2D eigenvalue weighted by atomic mass is 32.2. The molecule has 2 aliphatic rings. The monoisotopic (exact) mass is 589 g/mol. The predicted molar refractivity (Wildman–Crippen MR) is 152 cm³/mol. The van der Waals surface area contributed by atoms with E-state index in [0.717, 1.165) is 24.5 Å². The number of hydrogen-bond acceptors (Lipinski definition) is 9. The molecule has 1 unspecified atom stereocenters. The number of oxime groups is 1. The molecule has 220 valence electrons. The average Bonchev–Trinajstić information content (AvgIpc) is 3.65. The lowest BCUT2D eigenvalue weighted by Gasteiger charge is -2.19. The van der Waals surface area contributed by atoms with Gasteiger partial charge in [0.15, 0.2) is 11.6 Å². The highest BCUT2D eigenvalue weighted by Crippen LogP contribution is 2.37. The molecule has 12 nitrogen and oxygen atoms in total. The number of halogens is 1. The van der Waals surface area contributed by atoms with Crippen LogP contribution in [-0.4, -0.2) is 65.2 Å². The zero-order valence-corrected chi connectivity index (χ0v) is 23.7. The van der Waals surface area contributed by atoms with Gasteiger partial charge in [-0.15, -0.1) is 0 Å². The maximum absolute atomic E-state index is 15.2. The minimum Gasteiger partial charge on any atom is -0.477 e. The van der Waals surface area contributed by atoms with Crippen molar-refractivity contribution >= 4 is 38.7 Å². The first-order valence-corrected chi connectivity index (χ1v) is 14.7. The Morgan fingerprint density at radius 2 is 1.93 bits per heavy atom. The number of rotatable bonds is 7. The van der Waals surface area contributed by atoms with Crippen LogP contribution in [0.1, 0.15) is 45.9 Å². The van der Waals surface area contributed by atoms with Gasteiger partial charge >= 0.3 is 5.97 Å². The molecule has 0 radical (unpaired) electrons. The second-order valence-electron chi connectivity index (χ2n) is 10.3. The molecule has 14 heteroatoms. The van der Waals surface area contributed by atoms with E-state index in [0.29, 0.717) is 31.7 Å². The standard InChI is InChI=1S/C26H28FN5O4.CH4O3S/c1-14-3-4-16(7-15(14)2)13-36-30-22-12-31(10-17(22)9-28)25-21(27)8-19-23(33)20(26(34)35)11-32(18-5-6-18)24(19)29-25;1-5(2,3)4/h3-4,7-8,11,17-18H,5-6,9-10,12-13,28H2,1-2H3,(H,34,35);1H3,(H,2,3,4)/b30-22+;. The first kappa shape index (κ1) is 30.1. The topological polar surface area (TPSA) is 177 Å². The Bertz CT molecular complexity index is 1680. The lowest BCUT2D eigenvalue weighted by atomic mass is 10.1. The Kier molecular flexibility index (Phi) is 8.75. The van der Waals surface area contributed by atoms with Crippen LogP contribution < -0.4 is 16.1 Å². The number of nitrogens with zero attached hydrogens (tertiary/aromatic N) is 4. The van der Waals surface area contributed by atoms with Crippen LogP contribution in [-0.2, 0) is 21.6 Å². The molecular weight excluding hydrogens is 557 g/mol. The zero-order chi connectivity index (χ0) is 30.1. The van der Waals surface area contributed by atoms with Gasteiger partial charge in [0.05, 0.1) is 23.9 Å². The summed E-state index contributed by atoms with van der Waals surface area (Å²) in [7, 11) is -3.67. The third-order valence-electron chi connectivity index (χ3n) is 6.94. The van der Waals surface area contributed by atoms with Gasteiger partial charge in [0, 0.05) is 31.2 Å². The first-order valence-electron chi connectivity index (χ1n) is 12.9. The van der Waals surface area contributed by atoms with E-state index in [2.05, 4.69) is 16.2 Å². The van der Waals surface area contributed by atoms with Crippen molar-refractivity contribution in [3.63, 3.8) is 0 Å². The summed E-state index contributed by atoms with van der Waals surface area (Å²) < 4.78 is 42.8. The van der Waals surface area contributed by atoms with Gasteiger partial charge in [-0.05, 0) is 49.4 Å². The Morgan fingerprint density at radius 1 is 1.24 bits per heavy atom. The number of anilines is 1. The molecule has 1 aromatic carbocycles. The lowest BCUT2D eigenvalue weighted by Crippen LogP contribution is -2.26. The van der Waals surface area contributed by atoms with Gasteiger partial charge in [0.1, 0.15) is 17.8 Å². The lowest BCUT2D eigenvalue weighted by molar-refractivity contribution is 0.0694. The quantitative estimate of drug-likeness (QED) is 0.274. The van der Waals surface area contributed by atoms with Gasteiger partial charge in [-0.3, -0.25) is 9.35 Å². The first-order chi connectivity index (χ1) is 19.3. The van der Waals surface area contributed by atoms with Crippen LogP contribution in [0.3, 0.4) is 0 Å². The van der Waals surface area contributed by atoms with Gasteiger partial charge < -0.3 is 25.1 Å². The van der Waals surface area contributed by atoms with Gasteiger partial charge in [-0.2, -0.15) is 8.42 Å². The van der Waals surface area contributed by atoms with Crippen molar-refractivity contribution < 1.29 is 32.1 Å². The molecule has 0 bridgehead atoms. The summed E-state index contributed by atoms with van der Waals surface area (Å²) in [5.41, 5.74) is 9.21. The summed E-state index contributed by atoms with van der Waals surface area (Å²) in [4.78, 5) is 36.1. The fourth-order valence-corrected chi connectivity index (χ4v) is 4.56. The second kappa shape index (κ2) is 11.9. The van der Waals surface area contributed by atoms with Crippen LogP contribution >= 0.6 is 0 Å². The van der Waals surface area contributed by atoms with Crippen molar-refractivity contribution in [1.29, 1.82) is 0 Å². The third kappa shape index (κ3) is 7.26. The van der Waals surface area contributed by atoms with Crippen LogP contribution in [0.15, 0.2) is 40.4 Å². The highest BCUT2D eigenvalue weighted by molar-refractivity contribution is 7.85. The van der Waals surface area contributed by atoms with Crippen molar-refractivity contribution in [2.75, 3.05) is 30.8 Å². The summed E-state index contributed by atoms with van der Waals surface area (Å²) >= 11 is 0. The molecule has 1 atom stereocenters. The zero-order valence-electron chi connectivity index (χ0n) is 22.9. The van der Waals surface area contributed by atoms with Gasteiger partial charge in [0.25, 0.3) is 10.1 Å². The molecule has 2 aromatic heterocycles. The van der Waals surface area contributed by atoms with E-state index < -0.39 is 27.3 Å². The number of carboxylic acid groups (broad SMARTS) is 1. The van der Waals surface area contributed by atoms with Crippen molar-refractivity contribution in [3.8, 4) is 0 Å². The number of aromatic nitrogens is 2. The molecule has 0 spiro atoms. The smallest absolute Gasteiger partial charge is 0.341 e. The average molecular weight is 590 g/mol. The Labute approximate surface area is 236 Å². The molecule has 0 amide bonds. The number of benzene rings is 1. The number of aromatic carboxylic acids is 1. The summed E-state index contributed by atoms with van der Waals surface area (Å²) in [5.74, 6) is -2.09. The molecule has 1 saturated carbocycles. The molecule has 5 rings (SSSR count). The SMILES string of the molecule is CS(=O)(=O)O.Cc1ccc(CO/N=C2\CN(c3nc4c(cc3F)c(=O)c(C(=O)O)cn4C3CC3)CC2CN)cc1C. The van der Waals surface area contributed by atoms with Crippen molar-refractivity contribution in [1.82, 2.24) is 9.55 Å². The predicted octanol–water partition coefficient (Wildman–Crippen LogP) is 2.66. The van der Waals surface area contributed by atoms with Gasteiger partial charge in [0.2, 0.25) is 5.43 Å². The maximum atomic E-state index is 15.2. The van der Waals surface area contributed by atoms with E-state index >= 15 is 4.39 Å². The van der Waals surface area contributed by atoms with E-state index in [1.54, 1.807) is 9.47 Å². The van der Waals surface area contributed by atoms with Crippen LogP contribution in [0.5, 0.6) is 0 Å². The third-order valence-corrected chi connectivity index (χ3v) is 6.94. The number of fused-ring (bicyclic) bond motifs is 1. The van der Waals surface area contributed by atoms with Crippen LogP contribution in [0, 0.1) is 25.6 Å². The number of aryl methyl sites for hydroxylation is 2. The molecule has 4 N–H and O–H groups in total. The number of carboxylic acids is 1. The summed E-state index contributed by atoms with van der Waals surface area (Å²) in [6, 6.07) is 7.22. The molecule has 1 aliphatic heterocycles. The van der Waals surface area contributed by atoms with E-state index in [4.69, 9.17) is 15.1 Å². The fraction of sp³-hybridized carbons (Fsp3) is 0.407. The molecular formula is C27H32FN5O7S. The molecule has 1 aliphatic carbocycles. The number of hydrogen-bond donors (Lipinski definition) is 3. The number of carbonyl (C=O) groups is 1. The molecule has 3 aromatic rings. The largest absolute Gasteiger partial charge is 0.477 e.